The van der Waals surface area contributed by atoms with E-state index in [4.69, 9.17) is 25.8 Å². The number of ether oxygens (including phenoxy) is 3. The summed E-state index contributed by atoms with van der Waals surface area (Å²) in [5.74, 6) is 1.36. The second-order valence-corrected chi connectivity index (χ2v) is 7.67. The molecular formula is C22H22ClN3O5. The number of carbonyl (C=O) groups is 1. The summed E-state index contributed by atoms with van der Waals surface area (Å²) in [5.41, 5.74) is 0.748. The highest BCUT2D eigenvalue weighted by molar-refractivity contribution is 6.31. The smallest absolute Gasteiger partial charge is 0.261 e. The summed E-state index contributed by atoms with van der Waals surface area (Å²) in [6, 6.07) is 9.55. The number of carbonyl (C=O) groups excluding carboxylic acids is 1. The molecule has 162 valence electrons. The Bertz CT molecular complexity index is 1210. The van der Waals surface area contributed by atoms with Crippen molar-refractivity contribution in [2.45, 2.75) is 13.0 Å². The molecule has 0 spiro atoms. The molecule has 31 heavy (non-hydrogen) atoms. The van der Waals surface area contributed by atoms with Gasteiger partial charge in [0.05, 0.1) is 23.6 Å². The molecule has 0 N–H and O–H groups in total. The predicted octanol–water partition coefficient (Wildman–Crippen LogP) is 3.17. The van der Waals surface area contributed by atoms with Crippen LogP contribution < -0.4 is 15.0 Å². The lowest BCUT2D eigenvalue weighted by Gasteiger charge is -2.30. The topological polar surface area (TPSA) is 82.9 Å². The Balaban J connectivity index is 1.74. The lowest BCUT2D eigenvalue weighted by molar-refractivity contribution is 0.0603. The lowest BCUT2D eigenvalue weighted by Crippen LogP contribution is -2.39. The molecular weight excluding hydrogens is 422 g/mol. The minimum atomic E-state index is -0.495. The minimum Gasteiger partial charge on any atom is -0.454 e. The van der Waals surface area contributed by atoms with Crippen molar-refractivity contribution in [2.24, 2.45) is 7.05 Å². The Morgan fingerprint density at radius 2 is 2.03 bits per heavy atom. The number of methoxy groups -OCH3 is 1. The van der Waals surface area contributed by atoms with Crippen LogP contribution in [0, 0.1) is 0 Å². The van der Waals surface area contributed by atoms with Crippen LogP contribution in [0.2, 0.25) is 5.02 Å². The van der Waals surface area contributed by atoms with Crippen molar-refractivity contribution < 1.29 is 19.0 Å². The molecule has 2 aromatic carbocycles. The number of fused-ring (bicyclic) bond motifs is 2. The largest absolute Gasteiger partial charge is 0.454 e. The number of aromatic nitrogens is 2. The Kier molecular flexibility index (Phi) is 5.84. The quantitative estimate of drug-likeness (QED) is 0.582. The van der Waals surface area contributed by atoms with Crippen LogP contribution in [-0.2, 0) is 11.8 Å². The number of hydrogen-bond donors (Lipinski definition) is 0. The first-order valence-corrected chi connectivity index (χ1v) is 10.1. The highest BCUT2D eigenvalue weighted by Crippen LogP contribution is 2.33. The highest BCUT2D eigenvalue weighted by Gasteiger charge is 2.27. The molecule has 9 heteroatoms. The first-order valence-electron chi connectivity index (χ1n) is 9.76. The average molecular weight is 444 g/mol. The standard InChI is InChI=1S/C22H22ClN3O5/c1-13(20-24-17-6-5-15(23)11-16(17)22(28)25(20)2)26(8-9-29-3)21(27)14-4-7-18-19(10-14)31-12-30-18/h4-7,10-11,13H,8-9,12H2,1-3H3. The summed E-state index contributed by atoms with van der Waals surface area (Å²) in [4.78, 5) is 32.6. The summed E-state index contributed by atoms with van der Waals surface area (Å²) < 4.78 is 17.4. The Hall–Kier alpha value is -3.10. The second-order valence-electron chi connectivity index (χ2n) is 7.23. The molecule has 0 bridgehead atoms. The molecule has 0 aliphatic carbocycles. The van der Waals surface area contributed by atoms with Crippen LogP contribution in [0.3, 0.4) is 0 Å². The van der Waals surface area contributed by atoms with E-state index in [9.17, 15) is 9.59 Å². The maximum Gasteiger partial charge on any atom is 0.261 e. The van der Waals surface area contributed by atoms with Crippen LogP contribution >= 0.6 is 11.6 Å². The van der Waals surface area contributed by atoms with Gasteiger partial charge in [0.25, 0.3) is 11.5 Å². The van der Waals surface area contributed by atoms with Crippen molar-refractivity contribution in [1.29, 1.82) is 0 Å². The number of benzene rings is 2. The van der Waals surface area contributed by atoms with Gasteiger partial charge in [-0.2, -0.15) is 0 Å². The van der Waals surface area contributed by atoms with Crippen molar-refractivity contribution in [1.82, 2.24) is 14.5 Å². The third kappa shape index (κ3) is 3.96. The van der Waals surface area contributed by atoms with Crippen LogP contribution in [-0.4, -0.2) is 47.4 Å². The number of halogens is 1. The number of rotatable bonds is 6. The Labute approximate surface area is 183 Å². The van der Waals surface area contributed by atoms with Gasteiger partial charge < -0.3 is 19.1 Å². The van der Waals surface area contributed by atoms with Gasteiger partial charge in [0.15, 0.2) is 11.5 Å². The summed E-state index contributed by atoms with van der Waals surface area (Å²) in [7, 11) is 3.21. The fraction of sp³-hybridized carbons (Fsp3) is 0.318. The van der Waals surface area contributed by atoms with E-state index in [1.165, 1.54) is 4.57 Å². The zero-order valence-corrected chi connectivity index (χ0v) is 18.2. The summed E-state index contributed by atoms with van der Waals surface area (Å²) in [5, 5.41) is 0.892. The Morgan fingerprint density at radius 3 is 2.81 bits per heavy atom. The van der Waals surface area contributed by atoms with Gasteiger partial charge in [-0.05, 0) is 43.3 Å². The monoisotopic (exact) mass is 443 g/mol. The van der Waals surface area contributed by atoms with Crippen molar-refractivity contribution in [2.75, 3.05) is 27.1 Å². The highest BCUT2D eigenvalue weighted by atomic mass is 35.5. The SMILES string of the molecule is COCCN(C(=O)c1ccc2c(c1)OCO2)C(C)c1nc2ccc(Cl)cc2c(=O)n1C. The van der Waals surface area contributed by atoms with E-state index in [1.807, 2.05) is 6.92 Å². The molecule has 1 aliphatic heterocycles. The summed E-state index contributed by atoms with van der Waals surface area (Å²) in [6.07, 6.45) is 0. The first-order chi connectivity index (χ1) is 14.9. The van der Waals surface area contributed by atoms with Crippen LogP contribution in [0.25, 0.3) is 10.9 Å². The van der Waals surface area contributed by atoms with Gasteiger partial charge in [0.1, 0.15) is 5.82 Å². The molecule has 3 aromatic rings. The van der Waals surface area contributed by atoms with E-state index >= 15 is 0 Å². The van der Waals surface area contributed by atoms with Crippen LogP contribution in [0.4, 0.5) is 0 Å². The van der Waals surface area contributed by atoms with Gasteiger partial charge >= 0.3 is 0 Å². The normalized spacial score (nSPS) is 13.4. The Morgan fingerprint density at radius 1 is 1.26 bits per heavy atom. The molecule has 0 saturated heterocycles. The molecule has 4 rings (SSSR count). The molecule has 1 aromatic heterocycles. The summed E-state index contributed by atoms with van der Waals surface area (Å²) in [6.45, 7) is 2.62. The maximum absolute atomic E-state index is 13.4. The van der Waals surface area contributed by atoms with E-state index in [1.54, 1.807) is 55.5 Å². The molecule has 2 heterocycles. The lowest BCUT2D eigenvalue weighted by atomic mass is 10.1. The van der Waals surface area contributed by atoms with Crippen molar-refractivity contribution in [3.63, 3.8) is 0 Å². The van der Waals surface area contributed by atoms with E-state index in [0.29, 0.717) is 52.0 Å². The molecule has 1 atom stereocenters. The number of hydrogen-bond acceptors (Lipinski definition) is 6. The third-order valence-electron chi connectivity index (χ3n) is 5.33. The van der Waals surface area contributed by atoms with Crippen LogP contribution in [0.1, 0.15) is 29.1 Å². The van der Waals surface area contributed by atoms with Gasteiger partial charge in [-0.3, -0.25) is 14.2 Å². The first kappa shape index (κ1) is 21.1. The van der Waals surface area contributed by atoms with Gasteiger partial charge in [0.2, 0.25) is 6.79 Å². The molecule has 8 nitrogen and oxygen atoms in total. The number of nitrogens with zero attached hydrogens (tertiary/aromatic N) is 3. The van der Waals surface area contributed by atoms with E-state index in [0.717, 1.165) is 0 Å². The zero-order chi connectivity index (χ0) is 22.1. The molecule has 1 aliphatic rings. The van der Waals surface area contributed by atoms with Gasteiger partial charge in [-0.1, -0.05) is 11.6 Å². The fourth-order valence-corrected chi connectivity index (χ4v) is 3.80. The van der Waals surface area contributed by atoms with Crippen LogP contribution in [0.5, 0.6) is 11.5 Å². The van der Waals surface area contributed by atoms with Gasteiger partial charge in [0, 0.05) is 31.3 Å². The van der Waals surface area contributed by atoms with Crippen molar-refractivity contribution in [3.8, 4) is 11.5 Å². The second kappa shape index (κ2) is 8.56. The molecule has 1 amide bonds. The van der Waals surface area contributed by atoms with Crippen LogP contribution in [0.15, 0.2) is 41.2 Å². The zero-order valence-electron chi connectivity index (χ0n) is 17.4. The van der Waals surface area contributed by atoms with Crippen molar-refractivity contribution >= 4 is 28.4 Å². The van der Waals surface area contributed by atoms with E-state index in [2.05, 4.69) is 4.98 Å². The third-order valence-corrected chi connectivity index (χ3v) is 5.57. The predicted molar refractivity (Wildman–Crippen MR) is 116 cm³/mol. The maximum atomic E-state index is 13.4. The van der Waals surface area contributed by atoms with Gasteiger partial charge in [-0.15, -0.1) is 0 Å². The fourth-order valence-electron chi connectivity index (χ4n) is 3.63. The molecule has 0 saturated carbocycles. The van der Waals surface area contributed by atoms with Gasteiger partial charge in [-0.25, -0.2) is 4.98 Å². The average Bonchev–Trinajstić information content (AvgIpc) is 3.24. The van der Waals surface area contributed by atoms with E-state index < -0.39 is 6.04 Å². The molecule has 0 radical (unpaired) electrons. The van der Waals surface area contributed by atoms with E-state index in [-0.39, 0.29) is 18.3 Å². The van der Waals surface area contributed by atoms with Crippen molar-refractivity contribution in [3.05, 3.63) is 63.2 Å². The summed E-state index contributed by atoms with van der Waals surface area (Å²) >= 11 is 6.04. The molecule has 0 fully saturated rings. The molecule has 1 unspecified atom stereocenters. The minimum absolute atomic E-state index is 0.129. The number of amides is 1.